The van der Waals surface area contributed by atoms with E-state index in [0.29, 0.717) is 72.9 Å². The number of halogens is 1. The first kappa shape index (κ1) is 37.1. The highest BCUT2D eigenvalue weighted by Gasteiger charge is 2.27. The van der Waals surface area contributed by atoms with Gasteiger partial charge in [0.25, 0.3) is 11.5 Å². The number of aromatic amines is 1. The van der Waals surface area contributed by atoms with Crippen molar-refractivity contribution in [3.63, 3.8) is 0 Å². The molecule has 1 aliphatic heterocycles. The third-order valence-electron chi connectivity index (χ3n) is 10.3. The number of aromatic nitrogens is 2. The third kappa shape index (κ3) is 9.99. The minimum Gasteiger partial charge on any atom is -0.343 e. The van der Waals surface area contributed by atoms with Crippen molar-refractivity contribution in [1.29, 1.82) is 0 Å². The molecule has 0 atom stereocenters. The summed E-state index contributed by atoms with van der Waals surface area (Å²) in [7, 11) is 1.95. The number of benzene rings is 2. The van der Waals surface area contributed by atoms with Crippen LogP contribution >= 0.6 is 0 Å². The maximum Gasteiger partial charge on any atom is 0.272 e. The zero-order valence-corrected chi connectivity index (χ0v) is 29.8. The van der Waals surface area contributed by atoms with Crippen LogP contribution in [-0.4, -0.2) is 107 Å². The fourth-order valence-corrected chi connectivity index (χ4v) is 7.25. The molecular weight excluding hydrogens is 635 g/mol. The molecule has 0 spiro atoms. The van der Waals surface area contributed by atoms with E-state index in [1.54, 1.807) is 34.1 Å². The Bertz CT molecular complexity index is 1660. The van der Waals surface area contributed by atoms with Crippen molar-refractivity contribution in [3.8, 4) is 0 Å². The van der Waals surface area contributed by atoms with Crippen molar-refractivity contribution in [3.05, 3.63) is 75.5 Å². The van der Waals surface area contributed by atoms with E-state index < -0.39 is 11.7 Å². The van der Waals surface area contributed by atoms with Gasteiger partial charge >= 0.3 is 0 Å². The van der Waals surface area contributed by atoms with Gasteiger partial charge in [0.2, 0.25) is 11.8 Å². The monoisotopic (exact) mass is 688 g/mol. The lowest BCUT2D eigenvalue weighted by atomic mass is 9.86. The second-order valence-corrected chi connectivity index (χ2v) is 14.1. The summed E-state index contributed by atoms with van der Waals surface area (Å²) in [6.45, 7) is 6.25. The molecule has 10 nitrogen and oxygen atoms in total. The average Bonchev–Trinajstić information content (AvgIpc) is 3.13. The fraction of sp³-hybridized carbons (Fsp3) is 0.564. The van der Waals surface area contributed by atoms with Gasteiger partial charge in [0, 0.05) is 57.5 Å². The molecule has 0 radical (unpaired) electrons. The molecule has 2 aromatic carbocycles. The van der Waals surface area contributed by atoms with Crippen LogP contribution in [-0.2, 0) is 16.0 Å². The predicted molar refractivity (Wildman–Crippen MR) is 193 cm³/mol. The number of H-pyrrole nitrogens is 1. The van der Waals surface area contributed by atoms with E-state index in [1.807, 2.05) is 24.1 Å². The summed E-state index contributed by atoms with van der Waals surface area (Å²) in [6.07, 6.45) is 11.1. The summed E-state index contributed by atoms with van der Waals surface area (Å²) >= 11 is 0. The summed E-state index contributed by atoms with van der Waals surface area (Å²) < 4.78 is 14.9. The van der Waals surface area contributed by atoms with Crippen LogP contribution in [0.4, 0.5) is 4.39 Å². The minimum absolute atomic E-state index is 0.0142. The van der Waals surface area contributed by atoms with Gasteiger partial charge in [0.1, 0.15) is 5.82 Å². The molecule has 50 heavy (non-hydrogen) atoms. The lowest BCUT2D eigenvalue weighted by Gasteiger charge is -2.35. The van der Waals surface area contributed by atoms with Gasteiger partial charge in [-0.05, 0) is 75.4 Å². The number of amides is 3. The Morgan fingerprint density at radius 2 is 1.58 bits per heavy atom. The molecule has 1 saturated heterocycles. The number of carbonyl (C=O) groups excluding carboxylic acids is 3. The molecule has 1 N–H and O–H groups in total. The SMILES string of the molecule is CCCCN(CCCCN(C)CC(=O)N1CCN(C(=O)c2cc(Cc3n[nH]c(=O)c4ccccc34)ccc2F)CC1)C(=O)CC1CCCCC1. The Kier molecular flexibility index (Phi) is 13.5. The largest absolute Gasteiger partial charge is 0.343 e. The van der Waals surface area contributed by atoms with E-state index >= 15 is 0 Å². The molecule has 1 aliphatic carbocycles. The average molecular weight is 689 g/mol. The summed E-state index contributed by atoms with van der Waals surface area (Å²) in [5, 5.41) is 7.97. The number of nitrogens with zero attached hydrogens (tertiary/aromatic N) is 5. The molecule has 3 amide bonds. The molecule has 0 unspecified atom stereocenters. The van der Waals surface area contributed by atoms with Gasteiger partial charge in [-0.3, -0.25) is 24.1 Å². The number of likely N-dealkylation sites (N-methyl/N-ethyl adjacent to an activating group) is 1. The van der Waals surface area contributed by atoms with Crippen LogP contribution in [0.5, 0.6) is 0 Å². The van der Waals surface area contributed by atoms with Crippen LogP contribution in [0, 0.1) is 11.7 Å². The van der Waals surface area contributed by atoms with Crippen LogP contribution in [0.1, 0.15) is 92.7 Å². The molecule has 270 valence electrons. The van der Waals surface area contributed by atoms with Crippen molar-refractivity contribution in [2.45, 2.75) is 77.6 Å². The number of carbonyl (C=O) groups is 3. The summed E-state index contributed by atoms with van der Waals surface area (Å²) in [4.78, 5) is 59.3. The number of hydrogen-bond donors (Lipinski definition) is 1. The number of nitrogens with one attached hydrogen (secondary N) is 1. The molecule has 1 aromatic heterocycles. The van der Waals surface area contributed by atoms with E-state index in [9.17, 15) is 23.6 Å². The van der Waals surface area contributed by atoms with E-state index in [-0.39, 0.29) is 23.6 Å². The minimum atomic E-state index is -0.597. The van der Waals surface area contributed by atoms with Gasteiger partial charge < -0.3 is 14.7 Å². The number of unbranched alkanes of at least 4 members (excludes halogenated alkanes) is 2. The van der Waals surface area contributed by atoms with Crippen LogP contribution in [0.2, 0.25) is 0 Å². The Hall–Kier alpha value is -4.12. The Labute approximate surface area is 295 Å². The highest BCUT2D eigenvalue weighted by Crippen LogP contribution is 2.27. The standard InChI is InChI=1S/C39H53FN6O4/c1-3-4-19-44(36(47)27-29-12-6-5-7-13-29)20-11-10-18-43(2)28-37(48)45-21-23-46(24-22-45)39(50)33-25-30(16-17-34(33)40)26-35-31-14-8-9-15-32(31)38(49)42-41-35/h8-9,14-17,25,29H,3-7,10-13,18-24,26-28H2,1-2H3,(H,42,49). The predicted octanol–water partition coefficient (Wildman–Crippen LogP) is 5.25. The smallest absolute Gasteiger partial charge is 0.272 e. The third-order valence-corrected chi connectivity index (χ3v) is 10.3. The van der Waals surface area contributed by atoms with Gasteiger partial charge in [-0.15, -0.1) is 0 Å². The van der Waals surface area contributed by atoms with Crippen molar-refractivity contribution in [2.24, 2.45) is 5.92 Å². The second kappa shape index (κ2) is 18.2. The van der Waals surface area contributed by atoms with E-state index in [4.69, 9.17) is 0 Å². The zero-order valence-electron chi connectivity index (χ0n) is 29.8. The molecule has 0 bridgehead atoms. The quantitative estimate of drug-likeness (QED) is 0.219. The van der Waals surface area contributed by atoms with Gasteiger partial charge in [0.15, 0.2) is 0 Å². The van der Waals surface area contributed by atoms with Crippen molar-refractivity contribution < 1.29 is 18.8 Å². The van der Waals surface area contributed by atoms with Crippen LogP contribution in [0.3, 0.4) is 0 Å². The molecule has 2 heterocycles. The van der Waals surface area contributed by atoms with Crippen LogP contribution < -0.4 is 5.56 Å². The van der Waals surface area contributed by atoms with E-state index in [1.165, 1.54) is 38.2 Å². The first-order valence-corrected chi connectivity index (χ1v) is 18.5. The lowest BCUT2D eigenvalue weighted by Crippen LogP contribution is -2.52. The summed E-state index contributed by atoms with van der Waals surface area (Å²) in [5.41, 5.74) is 1.05. The molecule has 2 aliphatic rings. The lowest BCUT2D eigenvalue weighted by molar-refractivity contribution is -0.133. The number of piperazine rings is 1. The summed E-state index contributed by atoms with van der Waals surface area (Å²) in [5.74, 6) is -0.137. The maximum atomic E-state index is 14.9. The van der Waals surface area contributed by atoms with Gasteiger partial charge in [0.05, 0.1) is 23.2 Å². The van der Waals surface area contributed by atoms with E-state index in [2.05, 4.69) is 22.0 Å². The van der Waals surface area contributed by atoms with E-state index in [0.717, 1.165) is 45.3 Å². The molecule has 2 fully saturated rings. The normalized spacial score (nSPS) is 15.5. The van der Waals surface area contributed by atoms with Crippen molar-refractivity contribution >= 4 is 28.5 Å². The number of rotatable bonds is 15. The topological polar surface area (TPSA) is 110 Å². The van der Waals surface area contributed by atoms with Crippen molar-refractivity contribution in [1.82, 2.24) is 29.8 Å². The molecule has 3 aromatic rings. The molecular formula is C39H53FN6O4. The summed E-state index contributed by atoms with van der Waals surface area (Å²) in [6, 6.07) is 11.7. The Balaban J connectivity index is 1.06. The van der Waals surface area contributed by atoms with Crippen molar-refractivity contribution in [2.75, 3.05) is 59.4 Å². The maximum absolute atomic E-state index is 14.9. The highest BCUT2D eigenvalue weighted by molar-refractivity contribution is 5.95. The molecule has 11 heteroatoms. The zero-order chi connectivity index (χ0) is 35.5. The first-order valence-electron chi connectivity index (χ1n) is 18.5. The fourth-order valence-electron chi connectivity index (χ4n) is 7.25. The first-order chi connectivity index (χ1) is 24.2. The number of hydrogen-bond acceptors (Lipinski definition) is 6. The van der Waals surface area contributed by atoms with Gasteiger partial charge in [-0.2, -0.15) is 5.10 Å². The second-order valence-electron chi connectivity index (χ2n) is 14.1. The number of fused-ring (bicyclic) bond motifs is 1. The van der Waals surface area contributed by atoms with Gasteiger partial charge in [-0.25, -0.2) is 9.49 Å². The molecule has 1 saturated carbocycles. The van der Waals surface area contributed by atoms with Crippen LogP contribution in [0.15, 0.2) is 47.3 Å². The Morgan fingerprint density at radius 3 is 2.32 bits per heavy atom. The highest BCUT2D eigenvalue weighted by atomic mass is 19.1. The van der Waals surface area contributed by atoms with Gasteiger partial charge in [-0.1, -0.05) is 56.9 Å². The van der Waals surface area contributed by atoms with Crippen LogP contribution in [0.25, 0.3) is 10.8 Å². The molecule has 5 rings (SSSR count). The Morgan fingerprint density at radius 1 is 0.900 bits per heavy atom.